The first-order valence-electron chi connectivity index (χ1n) is 11.6. The highest BCUT2D eigenvalue weighted by Gasteiger charge is 2.17. The SMILES string of the molecule is CS(=O)(=O)c1ccc(Cl)c(NC(=O)CSc2nc3ccccc3c(=O)n2CCC[NH+]2CCOCC2)c1. The maximum absolute atomic E-state index is 13.3. The zero-order chi connectivity index (χ0) is 25.7. The van der Waals surface area contributed by atoms with E-state index in [0.717, 1.165) is 57.3 Å². The molecule has 3 aromatic rings. The van der Waals surface area contributed by atoms with Crippen LogP contribution in [-0.2, 0) is 25.9 Å². The van der Waals surface area contributed by atoms with Crippen LogP contribution in [0.2, 0.25) is 5.02 Å². The minimum Gasteiger partial charge on any atom is -0.370 e. The van der Waals surface area contributed by atoms with Gasteiger partial charge in [-0.15, -0.1) is 0 Å². The summed E-state index contributed by atoms with van der Waals surface area (Å²) in [6, 6.07) is 11.3. The molecule has 0 aliphatic carbocycles. The third-order valence-corrected chi connectivity index (χ3v) is 8.33. The van der Waals surface area contributed by atoms with Crippen LogP contribution in [0.3, 0.4) is 0 Å². The second-order valence-corrected chi connectivity index (χ2v) is 12.0. The van der Waals surface area contributed by atoms with Crippen molar-refractivity contribution in [1.29, 1.82) is 0 Å². The Morgan fingerprint density at radius 3 is 2.72 bits per heavy atom. The van der Waals surface area contributed by atoms with E-state index in [1.807, 2.05) is 12.1 Å². The third kappa shape index (κ3) is 6.65. The standard InChI is InChI=1S/C24H27ClN4O5S2/c1-36(32,33)17-7-8-19(25)21(15-17)26-22(30)16-35-24-27-20-6-3-2-5-18(20)23(31)29(24)10-4-9-28-11-13-34-14-12-28/h2-3,5-8,15H,4,9-14,16H2,1H3,(H,26,30)/p+1. The Morgan fingerprint density at radius 1 is 1.22 bits per heavy atom. The van der Waals surface area contributed by atoms with E-state index < -0.39 is 9.84 Å². The Hall–Kier alpha value is -2.44. The summed E-state index contributed by atoms with van der Waals surface area (Å²) in [5, 5.41) is 3.89. The van der Waals surface area contributed by atoms with Crippen LogP contribution in [0.5, 0.6) is 0 Å². The van der Waals surface area contributed by atoms with E-state index in [0.29, 0.717) is 22.6 Å². The van der Waals surface area contributed by atoms with Crippen molar-refractivity contribution in [2.45, 2.75) is 23.0 Å². The van der Waals surface area contributed by atoms with E-state index in [4.69, 9.17) is 16.3 Å². The van der Waals surface area contributed by atoms with E-state index in [1.165, 1.54) is 23.1 Å². The van der Waals surface area contributed by atoms with Gasteiger partial charge in [0.2, 0.25) is 5.91 Å². The number of nitrogens with zero attached hydrogens (tertiary/aromatic N) is 2. The second-order valence-electron chi connectivity index (χ2n) is 8.58. The fraction of sp³-hybridized carbons (Fsp3) is 0.375. The number of rotatable bonds is 9. The Labute approximate surface area is 218 Å². The maximum Gasteiger partial charge on any atom is 0.262 e. The molecule has 9 nitrogen and oxygen atoms in total. The summed E-state index contributed by atoms with van der Waals surface area (Å²) in [6.07, 6.45) is 1.88. The number of benzene rings is 2. The summed E-state index contributed by atoms with van der Waals surface area (Å²) in [6.45, 7) is 4.82. The Kier molecular flexibility index (Phi) is 8.68. The van der Waals surface area contributed by atoms with Crippen LogP contribution in [0.25, 0.3) is 10.9 Å². The Bertz CT molecular complexity index is 1420. The first kappa shape index (κ1) is 26.6. The molecule has 192 valence electrons. The van der Waals surface area contributed by atoms with Crippen molar-refractivity contribution in [3.63, 3.8) is 0 Å². The van der Waals surface area contributed by atoms with E-state index in [9.17, 15) is 18.0 Å². The number of ether oxygens (including phenoxy) is 1. The first-order valence-corrected chi connectivity index (χ1v) is 14.8. The minimum absolute atomic E-state index is 0.0288. The number of halogens is 1. The Balaban J connectivity index is 1.49. The molecule has 36 heavy (non-hydrogen) atoms. The number of quaternary nitrogens is 1. The van der Waals surface area contributed by atoms with Gasteiger partial charge in [0.1, 0.15) is 13.1 Å². The van der Waals surface area contributed by atoms with Gasteiger partial charge in [-0.1, -0.05) is 35.5 Å². The number of fused-ring (bicyclic) bond motifs is 1. The Morgan fingerprint density at radius 2 is 1.97 bits per heavy atom. The predicted molar refractivity (Wildman–Crippen MR) is 141 cm³/mol. The fourth-order valence-corrected chi connectivity index (χ4v) is 5.64. The van der Waals surface area contributed by atoms with Crippen molar-refractivity contribution >= 4 is 55.7 Å². The largest absolute Gasteiger partial charge is 0.370 e. The number of carbonyl (C=O) groups excluding carboxylic acids is 1. The molecule has 0 atom stereocenters. The zero-order valence-electron chi connectivity index (χ0n) is 19.8. The summed E-state index contributed by atoms with van der Waals surface area (Å²) in [5.41, 5.74) is 0.649. The second kappa shape index (κ2) is 11.7. The van der Waals surface area contributed by atoms with Crippen LogP contribution in [0.1, 0.15) is 6.42 Å². The highest BCUT2D eigenvalue weighted by molar-refractivity contribution is 7.99. The zero-order valence-corrected chi connectivity index (χ0v) is 22.2. The molecule has 1 saturated heterocycles. The molecule has 0 bridgehead atoms. The average molecular weight is 552 g/mol. The molecule has 0 spiro atoms. The summed E-state index contributed by atoms with van der Waals surface area (Å²) >= 11 is 7.31. The van der Waals surface area contributed by atoms with Gasteiger partial charge in [0.25, 0.3) is 5.56 Å². The predicted octanol–water partition coefficient (Wildman–Crippen LogP) is 1.49. The molecule has 1 aliphatic rings. The van der Waals surface area contributed by atoms with Crippen molar-refractivity contribution in [3.8, 4) is 0 Å². The first-order chi connectivity index (χ1) is 17.2. The third-order valence-electron chi connectivity index (χ3n) is 5.91. The maximum atomic E-state index is 13.3. The fourth-order valence-electron chi connectivity index (χ4n) is 4.00. The minimum atomic E-state index is -3.45. The molecule has 2 aromatic carbocycles. The molecule has 1 aliphatic heterocycles. The van der Waals surface area contributed by atoms with E-state index in [2.05, 4.69) is 10.3 Å². The summed E-state index contributed by atoms with van der Waals surface area (Å²) < 4.78 is 30.7. The van der Waals surface area contributed by atoms with Crippen LogP contribution in [0.4, 0.5) is 5.69 Å². The number of para-hydroxylation sites is 1. The molecule has 1 amide bonds. The molecule has 2 heterocycles. The van der Waals surface area contributed by atoms with Gasteiger partial charge < -0.3 is 15.0 Å². The lowest BCUT2D eigenvalue weighted by Gasteiger charge is -2.24. The van der Waals surface area contributed by atoms with Gasteiger partial charge in [-0.2, -0.15) is 0 Å². The quantitative estimate of drug-likeness (QED) is 0.306. The van der Waals surface area contributed by atoms with Crippen molar-refractivity contribution < 1.29 is 22.8 Å². The summed E-state index contributed by atoms with van der Waals surface area (Å²) in [4.78, 5) is 32.1. The van der Waals surface area contributed by atoms with Crippen LogP contribution < -0.4 is 15.8 Å². The molecule has 0 radical (unpaired) electrons. The van der Waals surface area contributed by atoms with Crippen LogP contribution in [0, 0.1) is 0 Å². The number of thioether (sulfide) groups is 1. The smallest absolute Gasteiger partial charge is 0.262 e. The highest BCUT2D eigenvalue weighted by Crippen LogP contribution is 2.26. The lowest BCUT2D eigenvalue weighted by Crippen LogP contribution is -3.14. The molecular weight excluding hydrogens is 524 g/mol. The average Bonchev–Trinajstić information content (AvgIpc) is 2.85. The molecule has 2 N–H and O–H groups in total. The number of carbonyl (C=O) groups is 1. The van der Waals surface area contributed by atoms with E-state index in [1.54, 1.807) is 16.7 Å². The number of anilines is 1. The molecule has 0 saturated carbocycles. The lowest BCUT2D eigenvalue weighted by molar-refractivity contribution is -0.908. The number of aromatic nitrogens is 2. The van der Waals surface area contributed by atoms with Crippen molar-refractivity contribution in [3.05, 3.63) is 57.8 Å². The topological polar surface area (TPSA) is 112 Å². The van der Waals surface area contributed by atoms with Gasteiger partial charge in [0.15, 0.2) is 15.0 Å². The summed E-state index contributed by atoms with van der Waals surface area (Å²) in [7, 11) is -3.45. The van der Waals surface area contributed by atoms with Crippen molar-refractivity contribution in [2.75, 3.05) is 50.2 Å². The molecule has 12 heteroatoms. The molecule has 1 fully saturated rings. The van der Waals surface area contributed by atoms with E-state index in [-0.39, 0.29) is 32.8 Å². The van der Waals surface area contributed by atoms with Gasteiger partial charge in [-0.3, -0.25) is 14.2 Å². The number of morpholine rings is 1. The lowest BCUT2D eigenvalue weighted by atomic mass is 10.2. The van der Waals surface area contributed by atoms with Crippen LogP contribution in [-0.4, -0.2) is 68.7 Å². The van der Waals surface area contributed by atoms with Gasteiger partial charge in [-0.25, -0.2) is 13.4 Å². The normalized spacial score (nSPS) is 14.7. The van der Waals surface area contributed by atoms with Gasteiger partial charge in [0, 0.05) is 19.2 Å². The van der Waals surface area contributed by atoms with Gasteiger partial charge >= 0.3 is 0 Å². The van der Waals surface area contributed by atoms with Crippen molar-refractivity contribution in [2.24, 2.45) is 0 Å². The molecular formula is C24H28ClN4O5S2+. The summed E-state index contributed by atoms with van der Waals surface area (Å²) in [5.74, 6) is -0.418. The molecule has 4 rings (SSSR count). The van der Waals surface area contributed by atoms with Gasteiger partial charge in [0.05, 0.1) is 52.0 Å². The highest BCUT2D eigenvalue weighted by atomic mass is 35.5. The van der Waals surface area contributed by atoms with Crippen LogP contribution >= 0.6 is 23.4 Å². The number of hydrogen-bond acceptors (Lipinski definition) is 7. The number of hydrogen-bond donors (Lipinski definition) is 2. The van der Waals surface area contributed by atoms with Crippen LogP contribution in [0.15, 0.2) is 57.3 Å². The number of nitrogens with one attached hydrogen (secondary N) is 2. The van der Waals surface area contributed by atoms with Gasteiger partial charge in [-0.05, 0) is 30.3 Å². The number of sulfone groups is 1. The van der Waals surface area contributed by atoms with Crippen molar-refractivity contribution in [1.82, 2.24) is 9.55 Å². The molecule has 1 aromatic heterocycles. The number of amides is 1. The monoisotopic (exact) mass is 551 g/mol. The van der Waals surface area contributed by atoms with E-state index >= 15 is 0 Å². The molecule has 0 unspecified atom stereocenters.